The lowest BCUT2D eigenvalue weighted by Gasteiger charge is -2.05. The zero-order chi connectivity index (χ0) is 9.42. The van der Waals surface area contributed by atoms with Crippen molar-refractivity contribution in [2.24, 2.45) is 0 Å². The summed E-state index contributed by atoms with van der Waals surface area (Å²) in [5.41, 5.74) is 1.15. The van der Waals surface area contributed by atoms with E-state index < -0.39 is 12.0 Å². The number of carbonyl (C=O) groups is 1. The molecule has 0 saturated carbocycles. The number of hydrogen-bond donors (Lipinski definition) is 2. The third kappa shape index (κ3) is 1.07. The van der Waals surface area contributed by atoms with Gasteiger partial charge in [-0.15, -0.1) is 0 Å². The Hall–Kier alpha value is -1.55. The number of hydrogen-bond acceptors (Lipinski definition) is 3. The summed E-state index contributed by atoms with van der Waals surface area (Å²) in [5, 5.41) is 12.0. The minimum Gasteiger partial charge on any atom is -0.495 e. The van der Waals surface area contributed by atoms with Gasteiger partial charge in [0.2, 0.25) is 0 Å². The number of ether oxygens (including phenoxy) is 1. The van der Waals surface area contributed by atoms with Gasteiger partial charge in [0.25, 0.3) is 5.91 Å². The van der Waals surface area contributed by atoms with E-state index in [1.165, 1.54) is 7.11 Å². The van der Waals surface area contributed by atoms with Crippen molar-refractivity contribution in [1.82, 2.24) is 0 Å². The number of amides is 1. The Kier molecular flexibility index (Phi) is 1.70. The number of methoxy groups -OCH3 is 1. The van der Waals surface area contributed by atoms with Crippen LogP contribution in [0.3, 0.4) is 0 Å². The van der Waals surface area contributed by atoms with E-state index in [2.05, 4.69) is 5.32 Å². The van der Waals surface area contributed by atoms with Crippen molar-refractivity contribution in [2.45, 2.75) is 6.10 Å². The van der Waals surface area contributed by atoms with Gasteiger partial charge in [-0.1, -0.05) is 12.1 Å². The molecule has 0 spiro atoms. The van der Waals surface area contributed by atoms with Crippen molar-refractivity contribution in [1.29, 1.82) is 0 Å². The van der Waals surface area contributed by atoms with Crippen LogP contribution in [0.2, 0.25) is 0 Å². The molecule has 1 amide bonds. The summed E-state index contributed by atoms with van der Waals surface area (Å²) in [7, 11) is 1.52. The van der Waals surface area contributed by atoms with Gasteiger partial charge in [-0.25, -0.2) is 0 Å². The molecule has 0 saturated heterocycles. The minimum atomic E-state index is -1.06. The van der Waals surface area contributed by atoms with Crippen LogP contribution < -0.4 is 10.1 Å². The van der Waals surface area contributed by atoms with Crippen LogP contribution in [0.4, 0.5) is 5.69 Å². The van der Waals surface area contributed by atoms with E-state index in [4.69, 9.17) is 4.74 Å². The molecule has 1 atom stereocenters. The fraction of sp³-hybridized carbons (Fsp3) is 0.222. The van der Waals surface area contributed by atoms with Crippen molar-refractivity contribution < 1.29 is 14.6 Å². The number of anilines is 1. The van der Waals surface area contributed by atoms with Crippen LogP contribution in [0.15, 0.2) is 18.2 Å². The quantitative estimate of drug-likeness (QED) is 0.666. The number of benzene rings is 1. The van der Waals surface area contributed by atoms with Gasteiger partial charge in [-0.05, 0) is 6.07 Å². The third-order valence-corrected chi connectivity index (χ3v) is 2.07. The van der Waals surface area contributed by atoms with Crippen molar-refractivity contribution in [2.75, 3.05) is 12.4 Å². The highest BCUT2D eigenvalue weighted by Gasteiger charge is 2.30. The van der Waals surface area contributed by atoms with Crippen LogP contribution in [0.1, 0.15) is 11.7 Å². The molecule has 13 heavy (non-hydrogen) atoms. The molecule has 1 unspecified atom stereocenters. The minimum absolute atomic E-state index is 0.403. The van der Waals surface area contributed by atoms with Crippen LogP contribution in [-0.4, -0.2) is 18.1 Å². The monoisotopic (exact) mass is 179 g/mol. The van der Waals surface area contributed by atoms with E-state index >= 15 is 0 Å². The lowest BCUT2D eigenvalue weighted by Crippen LogP contribution is -2.10. The number of fused-ring (bicyclic) bond motifs is 1. The first-order valence-electron chi connectivity index (χ1n) is 3.90. The van der Waals surface area contributed by atoms with Crippen LogP contribution in [0.5, 0.6) is 5.75 Å². The number of para-hydroxylation sites is 1. The maximum absolute atomic E-state index is 11.1. The summed E-state index contributed by atoms with van der Waals surface area (Å²) >= 11 is 0. The highest BCUT2D eigenvalue weighted by Crippen LogP contribution is 2.37. The number of aliphatic hydroxyl groups excluding tert-OH is 1. The first-order valence-corrected chi connectivity index (χ1v) is 3.90. The molecule has 4 heteroatoms. The topological polar surface area (TPSA) is 58.6 Å². The number of nitrogens with one attached hydrogen (secondary N) is 1. The number of aliphatic hydroxyl groups is 1. The lowest BCUT2D eigenvalue weighted by atomic mass is 10.1. The summed E-state index contributed by atoms with van der Waals surface area (Å²) in [6.45, 7) is 0. The Balaban J connectivity index is 2.55. The molecule has 68 valence electrons. The molecule has 0 aliphatic carbocycles. The van der Waals surface area contributed by atoms with E-state index in [9.17, 15) is 9.90 Å². The van der Waals surface area contributed by atoms with E-state index in [0.29, 0.717) is 17.0 Å². The Bertz CT molecular complexity index is 362. The molecule has 0 aromatic heterocycles. The van der Waals surface area contributed by atoms with Gasteiger partial charge in [0.15, 0.2) is 6.10 Å². The summed E-state index contributed by atoms with van der Waals surface area (Å²) in [5.74, 6) is 0.168. The van der Waals surface area contributed by atoms with Crippen LogP contribution in [-0.2, 0) is 4.79 Å². The van der Waals surface area contributed by atoms with Gasteiger partial charge in [-0.2, -0.15) is 0 Å². The van der Waals surface area contributed by atoms with Crippen molar-refractivity contribution >= 4 is 11.6 Å². The van der Waals surface area contributed by atoms with Crippen molar-refractivity contribution in [3.63, 3.8) is 0 Å². The Morgan fingerprint density at radius 3 is 3.00 bits per heavy atom. The van der Waals surface area contributed by atoms with Gasteiger partial charge in [-0.3, -0.25) is 4.79 Å². The maximum atomic E-state index is 11.1. The molecule has 0 bridgehead atoms. The van der Waals surface area contributed by atoms with E-state index in [-0.39, 0.29) is 0 Å². The summed E-state index contributed by atoms with van der Waals surface area (Å²) in [4.78, 5) is 11.1. The van der Waals surface area contributed by atoms with E-state index in [1.807, 2.05) is 0 Å². The molecule has 0 radical (unpaired) electrons. The molecule has 1 aliphatic rings. The second-order valence-corrected chi connectivity index (χ2v) is 2.82. The first kappa shape index (κ1) is 8.07. The van der Waals surface area contributed by atoms with Gasteiger partial charge in [0.05, 0.1) is 12.8 Å². The van der Waals surface area contributed by atoms with Crippen LogP contribution in [0, 0.1) is 0 Å². The summed E-state index contributed by atoms with van der Waals surface area (Å²) in [6, 6.07) is 5.17. The zero-order valence-corrected chi connectivity index (χ0v) is 7.07. The van der Waals surface area contributed by atoms with Crippen molar-refractivity contribution in [3.05, 3.63) is 23.8 Å². The normalized spacial score (nSPS) is 19.5. The SMILES string of the molecule is COc1cccc2c1NC(=O)C2O. The van der Waals surface area contributed by atoms with Gasteiger partial charge in [0.1, 0.15) is 5.75 Å². The summed E-state index contributed by atoms with van der Waals surface area (Å²) < 4.78 is 5.03. The van der Waals surface area contributed by atoms with E-state index in [1.54, 1.807) is 18.2 Å². The largest absolute Gasteiger partial charge is 0.495 e. The third-order valence-electron chi connectivity index (χ3n) is 2.07. The molecular formula is C9H9NO3. The Labute approximate surface area is 75.1 Å². The fourth-order valence-electron chi connectivity index (χ4n) is 1.41. The van der Waals surface area contributed by atoms with Gasteiger partial charge >= 0.3 is 0 Å². The second kappa shape index (κ2) is 2.74. The predicted octanol–water partition coefficient (Wildman–Crippen LogP) is 0.681. The standard InChI is InChI=1S/C9H9NO3/c1-13-6-4-2-3-5-7(6)10-9(12)8(5)11/h2-4,8,11H,1H3,(H,10,12). The predicted molar refractivity (Wildman–Crippen MR) is 46.6 cm³/mol. The highest BCUT2D eigenvalue weighted by molar-refractivity contribution is 6.03. The Morgan fingerprint density at radius 1 is 1.54 bits per heavy atom. The maximum Gasteiger partial charge on any atom is 0.258 e. The zero-order valence-electron chi connectivity index (χ0n) is 7.07. The number of rotatable bonds is 1. The van der Waals surface area contributed by atoms with Gasteiger partial charge < -0.3 is 15.2 Å². The molecule has 1 aromatic rings. The first-order chi connectivity index (χ1) is 6.24. The van der Waals surface area contributed by atoms with Crippen LogP contribution in [0.25, 0.3) is 0 Å². The number of carbonyl (C=O) groups excluding carboxylic acids is 1. The van der Waals surface area contributed by atoms with E-state index in [0.717, 1.165) is 0 Å². The molecular weight excluding hydrogens is 170 g/mol. The fourth-order valence-corrected chi connectivity index (χ4v) is 1.41. The average molecular weight is 179 g/mol. The van der Waals surface area contributed by atoms with Gasteiger partial charge in [0, 0.05) is 5.56 Å². The lowest BCUT2D eigenvalue weighted by molar-refractivity contribution is -0.123. The molecule has 2 N–H and O–H groups in total. The molecule has 1 aliphatic heterocycles. The second-order valence-electron chi connectivity index (χ2n) is 2.82. The molecule has 0 fully saturated rings. The average Bonchev–Trinajstić information content (AvgIpc) is 2.43. The smallest absolute Gasteiger partial charge is 0.258 e. The molecule has 2 rings (SSSR count). The molecule has 4 nitrogen and oxygen atoms in total. The molecule has 1 aromatic carbocycles. The highest BCUT2D eigenvalue weighted by atomic mass is 16.5. The van der Waals surface area contributed by atoms with Crippen LogP contribution >= 0.6 is 0 Å². The Morgan fingerprint density at radius 2 is 2.31 bits per heavy atom. The van der Waals surface area contributed by atoms with Crippen molar-refractivity contribution in [3.8, 4) is 5.75 Å². The molecule has 1 heterocycles. The summed E-state index contributed by atoms with van der Waals surface area (Å²) in [6.07, 6.45) is -1.06.